The molecule has 1 aliphatic heterocycles. The summed E-state index contributed by atoms with van der Waals surface area (Å²) in [6.45, 7) is 10.6. The van der Waals surface area contributed by atoms with Crippen molar-refractivity contribution < 1.29 is 19.4 Å². The van der Waals surface area contributed by atoms with Crippen LogP contribution in [0.3, 0.4) is 0 Å². The van der Waals surface area contributed by atoms with Gasteiger partial charge in [-0.2, -0.15) is 0 Å². The van der Waals surface area contributed by atoms with E-state index in [9.17, 15) is 14.7 Å². The van der Waals surface area contributed by atoms with Gasteiger partial charge in [0, 0.05) is 11.8 Å². The fourth-order valence-corrected chi connectivity index (χ4v) is 4.35. The summed E-state index contributed by atoms with van der Waals surface area (Å²) in [6.07, 6.45) is 1.57. The number of aromatic nitrogens is 1. The van der Waals surface area contributed by atoms with Gasteiger partial charge in [0.1, 0.15) is 17.3 Å². The van der Waals surface area contributed by atoms with Crippen LogP contribution in [0.2, 0.25) is 0 Å². The first-order chi connectivity index (χ1) is 16.6. The van der Waals surface area contributed by atoms with Crippen LogP contribution in [-0.2, 0) is 15.0 Å². The molecule has 1 fully saturated rings. The molecule has 3 aromatic rings. The summed E-state index contributed by atoms with van der Waals surface area (Å²) in [5, 5.41) is 11.4. The van der Waals surface area contributed by atoms with Crippen molar-refractivity contribution in [1.82, 2.24) is 4.98 Å². The zero-order valence-electron chi connectivity index (χ0n) is 20.7. The number of aliphatic hydroxyl groups is 1. The van der Waals surface area contributed by atoms with Crippen molar-refractivity contribution in [2.24, 2.45) is 0 Å². The average molecular weight is 471 g/mol. The second kappa shape index (κ2) is 9.37. The highest BCUT2D eigenvalue weighted by molar-refractivity contribution is 6.51. The zero-order chi connectivity index (χ0) is 25.3. The van der Waals surface area contributed by atoms with E-state index in [-0.39, 0.29) is 16.7 Å². The molecule has 4 rings (SSSR count). The number of benzene rings is 2. The average Bonchev–Trinajstić information content (AvgIpc) is 3.09. The molecule has 2 heterocycles. The summed E-state index contributed by atoms with van der Waals surface area (Å²) in [4.78, 5) is 32.3. The maximum atomic E-state index is 13.3. The Morgan fingerprint density at radius 1 is 1.06 bits per heavy atom. The van der Waals surface area contributed by atoms with Gasteiger partial charge in [0.25, 0.3) is 5.78 Å². The van der Waals surface area contributed by atoms with E-state index in [0.717, 1.165) is 11.1 Å². The van der Waals surface area contributed by atoms with Gasteiger partial charge in [-0.05, 0) is 66.3 Å². The molecule has 1 aromatic heterocycles. The van der Waals surface area contributed by atoms with E-state index in [1.807, 2.05) is 38.1 Å². The molecule has 1 amide bonds. The van der Waals surface area contributed by atoms with Crippen LogP contribution in [0.4, 0.5) is 5.82 Å². The van der Waals surface area contributed by atoms with Gasteiger partial charge in [-0.1, -0.05) is 51.1 Å². The van der Waals surface area contributed by atoms with Crippen molar-refractivity contribution in [2.45, 2.75) is 46.1 Å². The summed E-state index contributed by atoms with van der Waals surface area (Å²) in [6, 6.07) is 17.4. The van der Waals surface area contributed by atoms with E-state index in [4.69, 9.17) is 4.74 Å². The van der Waals surface area contributed by atoms with Crippen LogP contribution >= 0.6 is 0 Å². The Kier molecular flexibility index (Phi) is 6.48. The molecule has 0 spiro atoms. The molecule has 6 heteroatoms. The summed E-state index contributed by atoms with van der Waals surface area (Å²) in [5.74, 6) is -0.663. The number of ketones is 1. The Morgan fingerprint density at radius 3 is 2.34 bits per heavy atom. The zero-order valence-corrected chi connectivity index (χ0v) is 20.7. The minimum Gasteiger partial charge on any atom is -0.507 e. The fraction of sp³-hybridized carbons (Fsp3) is 0.276. The topological polar surface area (TPSA) is 79.7 Å². The van der Waals surface area contributed by atoms with Crippen LogP contribution in [0.5, 0.6) is 5.75 Å². The lowest BCUT2D eigenvalue weighted by Crippen LogP contribution is -2.30. The number of ether oxygens (including phenoxy) is 1. The lowest BCUT2D eigenvalue weighted by molar-refractivity contribution is -0.132. The first-order valence-electron chi connectivity index (χ1n) is 11.7. The van der Waals surface area contributed by atoms with Crippen molar-refractivity contribution in [1.29, 1.82) is 0 Å². The number of carbonyl (C=O) groups excluding carboxylic acids is 2. The number of anilines is 1. The summed E-state index contributed by atoms with van der Waals surface area (Å²) in [7, 11) is 0. The SMILES string of the molecule is CCOc1ccc(/C(O)=C2\C(=O)C(=O)N(c3ccccn3)C2c2ccc(C(C)(C)C)cc2)c(C)c1. The molecule has 1 atom stereocenters. The second-order valence-electron chi connectivity index (χ2n) is 9.64. The van der Waals surface area contributed by atoms with Crippen LogP contribution in [0, 0.1) is 6.92 Å². The molecule has 1 saturated heterocycles. The third-order valence-corrected chi connectivity index (χ3v) is 6.20. The number of carbonyl (C=O) groups is 2. The Bertz CT molecular complexity index is 1290. The molecule has 2 aromatic carbocycles. The molecule has 1 aliphatic rings. The predicted octanol–water partition coefficient (Wildman–Crippen LogP) is 5.71. The molecular weight excluding hydrogens is 440 g/mol. The van der Waals surface area contributed by atoms with Crippen molar-refractivity contribution in [3.8, 4) is 5.75 Å². The van der Waals surface area contributed by atoms with E-state index in [0.29, 0.717) is 29.3 Å². The summed E-state index contributed by atoms with van der Waals surface area (Å²) in [5.41, 5.74) is 3.03. The van der Waals surface area contributed by atoms with Crippen molar-refractivity contribution in [2.75, 3.05) is 11.5 Å². The normalized spacial score (nSPS) is 17.6. The lowest BCUT2D eigenvalue weighted by Gasteiger charge is -2.26. The van der Waals surface area contributed by atoms with E-state index in [2.05, 4.69) is 25.8 Å². The molecule has 0 bridgehead atoms. The van der Waals surface area contributed by atoms with Gasteiger partial charge >= 0.3 is 5.91 Å². The maximum absolute atomic E-state index is 13.3. The Balaban J connectivity index is 1.91. The second-order valence-corrected chi connectivity index (χ2v) is 9.64. The minimum atomic E-state index is -0.815. The third kappa shape index (κ3) is 4.56. The molecule has 180 valence electrons. The lowest BCUT2D eigenvalue weighted by atomic mass is 9.85. The van der Waals surface area contributed by atoms with Gasteiger partial charge in [0.2, 0.25) is 0 Å². The number of pyridine rings is 1. The van der Waals surface area contributed by atoms with E-state index < -0.39 is 17.7 Å². The highest BCUT2D eigenvalue weighted by Crippen LogP contribution is 2.42. The molecule has 1 N–H and O–H groups in total. The van der Waals surface area contributed by atoms with Gasteiger partial charge < -0.3 is 9.84 Å². The van der Waals surface area contributed by atoms with E-state index in [1.165, 1.54) is 4.90 Å². The van der Waals surface area contributed by atoms with Gasteiger partial charge in [0.05, 0.1) is 18.2 Å². The third-order valence-electron chi connectivity index (χ3n) is 6.20. The Morgan fingerprint density at radius 2 is 1.77 bits per heavy atom. The van der Waals surface area contributed by atoms with Crippen LogP contribution in [0.15, 0.2) is 72.4 Å². The number of hydrogen-bond acceptors (Lipinski definition) is 5. The number of aliphatic hydroxyl groups excluding tert-OH is 1. The molecule has 0 saturated carbocycles. The quantitative estimate of drug-likeness (QED) is 0.293. The minimum absolute atomic E-state index is 0.0384. The summed E-state index contributed by atoms with van der Waals surface area (Å²) < 4.78 is 5.55. The largest absolute Gasteiger partial charge is 0.507 e. The number of Topliss-reactive ketones (excluding diaryl/α,β-unsaturated/α-hetero) is 1. The van der Waals surface area contributed by atoms with Crippen molar-refractivity contribution in [3.63, 3.8) is 0 Å². The Hall–Kier alpha value is -3.93. The van der Waals surface area contributed by atoms with Crippen LogP contribution in [-0.4, -0.2) is 28.4 Å². The van der Waals surface area contributed by atoms with Gasteiger partial charge in [-0.15, -0.1) is 0 Å². The molecule has 35 heavy (non-hydrogen) atoms. The Labute approximate surface area is 205 Å². The monoisotopic (exact) mass is 470 g/mol. The molecule has 0 aliphatic carbocycles. The van der Waals surface area contributed by atoms with Crippen LogP contribution < -0.4 is 9.64 Å². The van der Waals surface area contributed by atoms with Gasteiger partial charge in [-0.3, -0.25) is 14.5 Å². The molecular formula is C29H30N2O4. The number of amides is 1. The van der Waals surface area contributed by atoms with Crippen LogP contribution in [0.25, 0.3) is 5.76 Å². The van der Waals surface area contributed by atoms with Gasteiger partial charge in [0.15, 0.2) is 0 Å². The van der Waals surface area contributed by atoms with E-state index in [1.54, 1.807) is 42.6 Å². The number of nitrogens with zero attached hydrogens (tertiary/aromatic N) is 2. The highest BCUT2D eigenvalue weighted by atomic mass is 16.5. The molecule has 6 nitrogen and oxygen atoms in total. The number of hydrogen-bond donors (Lipinski definition) is 1. The molecule has 0 radical (unpaired) electrons. The predicted molar refractivity (Wildman–Crippen MR) is 137 cm³/mol. The smallest absolute Gasteiger partial charge is 0.301 e. The van der Waals surface area contributed by atoms with Gasteiger partial charge in [-0.25, -0.2) is 4.98 Å². The number of rotatable bonds is 5. The molecule has 1 unspecified atom stereocenters. The first kappa shape index (κ1) is 24.2. The van der Waals surface area contributed by atoms with E-state index >= 15 is 0 Å². The van der Waals surface area contributed by atoms with Crippen molar-refractivity contribution >= 4 is 23.3 Å². The fourth-order valence-electron chi connectivity index (χ4n) is 4.35. The summed E-state index contributed by atoms with van der Waals surface area (Å²) >= 11 is 0. The highest BCUT2D eigenvalue weighted by Gasteiger charge is 2.47. The maximum Gasteiger partial charge on any atom is 0.301 e. The number of aryl methyl sites for hydroxylation is 1. The standard InChI is InChI=1S/C29H30N2O4/c1-6-35-21-14-15-22(18(2)17-21)26(32)24-25(19-10-12-20(13-11-19)29(3,4)5)31(28(34)27(24)33)23-9-7-8-16-30-23/h7-17,25,32H,6H2,1-5H3/b26-24+. The first-order valence-corrected chi connectivity index (χ1v) is 11.7. The van der Waals surface area contributed by atoms with Crippen molar-refractivity contribution in [3.05, 3.63) is 94.7 Å². The van der Waals surface area contributed by atoms with Crippen LogP contribution in [0.1, 0.15) is 56.0 Å².